The average molecular weight is 206 g/mol. The van der Waals surface area contributed by atoms with Gasteiger partial charge in [0.05, 0.1) is 6.10 Å². The van der Waals surface area contributed by atoms with Gasteiger partial charge in [0, 0.05) is 21.3 Å². The third-order valence-corrected chi connectivity index (χ3v) is 2.56. The van der Waals surface area contributed by atoms with Crippen LogP contribution in [0, 0.1) is 0 Å². The van der Waals surface area contributed by atoms with Gasteiger partial charge in [-0.1, -0.05) is 0 Å². The first kappa shape index (κ1) is 11.9. The van der Waals surface area contributed by atoms with Gasteiger partial charge in [-0.05, 0) is 6.92 Å². The smallest absolute Gasteiger partial charge is 0.184 e. The van der Waals surface area contributed by atoms with E-state index in [0.717, 1.165) is 0 Å². The van der Waals surface area contributed by atoms with Gasteiger partial charge in [-0.2, -0.15) is 0 Å². The molecular formula is C9H18O5. The lowest BCUT2D eigenvalue weighted by Crippen LogP contribution is -2.58. The molecule has 0 aromatic rings. The number of rotatable bonds is 3. The molecule has 1 fully saturated rings. The van der Waals surface area contributed by atoms with Crippen molar-refractivity contribution in [2.45, 2.75) is 37.6 Å². The zero-order valence-corrected chi connectivity index (χ0v) is 8.97. The molecule has 1 rings (SSSR count). The van der Waals surface area contributed by atoms with Gasteiger partial charge >= 0.3 is 0 Å². The molecule has 1 aliphatic heterocycles. The molecule has 14 heavy (non-hydrogen) atoms. The maximum absolute atomic E-state index is 9.57. The third kappa shape index (κ3) is 2.07. The normalized spacial score (nSPS) is 43.9. The van der Waals surface area contributed by atoms with Crippen LogP contribution in [0.3, 0.4) is 0 Å². The molecule has 0 bridgehead atoms. The van der Waals surface area contributed by atoms with Crippen LogP contribution in [0.25, 0.3) is 0 Å². The van der Waals surface area contributed by atoms with Crippen LogP contribution in [0.5, 0.6) is 0 Å². The number of aliphatic hydroxyl groups is 1. The maximum Gasteiger partial charge on any atom is 0.184 e. The summed E-state index contributed by atoms with van der Waals surface area (Å²) < 4.78 is 20.9. The molecule has 5 nitrogen and oxygen atoms in total. The molecule has 1 saturated heterocycles. The summed E-state index contributed by atoms with van der Waals surface area (Å²) in [6.07, 6.45) is -2.24. The summed E-state index contributed by atoms with van der Waals surface area (Å²) >= 11 is 0. The molecular weight excluding hydrogens is 188 g/mol. The first-order valence-corrected chi connectivity index (χ1v) is 4.57. The van der Waals surface area contributed by atoms with Crippen molar-refractivity contribution in [3.05, 3.63) is 0 Å². The predicted octanol–water partition coefficient (Wildman–Crippen LogP) is -0.232. The SMILES string of the molecule is CO[C@@H]1[C@@H](OC)[C@H](C)O[C@@H](O)[C@@H]1OC. The topological polar surface area (TPSA) is 57.2 Å². The minimum absolute atomic E-state index is 0.216. The Bertz CT molecular complexity index is 159. The Kier molecular flexibility index (Phi) is 4.28. The van der Waals surface area contributed by atoms with E-state index in [1.807, 2.05) is 6.92 Å². The van der Waals surface area contributed by atoms with Crippen LogP contribution in [-0.4, -0.2) is 57.1 Å². The van der Waals surface area contributed by atoms with E-state index < -0.39 is 12.4 Å². The molecule has 84 valence electrons. The fourth-order valence-corrected chi connectivity index (χ4v) is 1.84. The fourth-order valence-electron chi connectivity index (χ4n) is 1.84. The van der Waals surface area contributed by atoms with Crippen molar-refractivity contribution in [1.29, 1.82) is 0 Å². The Morgan fingerprint density at radius 3 is 1.86 bits per heavy atom. The largest absolute Gasteiger partial charge is 0.376 e. The summed E-state index contributed by atoms with van der Waals surface area (Å²) in [5.74, 6) is 0. The second kappa shape index (κ2) is 5.04. The lowest BCUT2D eigenvalue weighted by molar-refractivity contribution is -0.291. The second-order valence-corrected chi connectivity index (χ2v) is 3.33. The number of hydrogen-bond acceptors (Lipinski definition) is 5. The Balaban J connectivity index is 2.76. The van der Waals surface area contributed by atoms with Crippen LogP contribution in [0.15, 0.2) is 0 Å². The van der Waals surface area contributed by atoms with Gasteiger partial charge in [0.25, 0.3) is 0 Å². The fraction of sp³-hybridized carbons (Fsp3) is 1.00. The van der Waals surface area contributed by atoms with E-state index in [4.69, 9.17) is 18.9 Å². The molecule has 1 N–H and O–H groups in total. The van der Waals surface area contributed by atoms with Gasteiger partial charge in [-0.3, -0.25) is 0 Å². The van der Waals surface area contributed by atoms with E-state index in [1.165, 1.54) is 7.11 Å². The van der Waals surface area contributed by atoms with E-state index in [-0.39, 0.29) is 18.3 Å². The van der Waals surface area contributed by atoms with Crippen molar-refractivity contribution in [2.24, 2.45) is 0 Å². The van der Waals surface area contributed by atoms with E-state index in [0.29, 0.717) is 0 Å². The molecule has 0 saturated carbocycles. The van der Waals surface area contributed by atoms with Crippen molar-refractivity contribution >= 4 is 0 Å². The second-order valence-electron chi connectivity index (χ2n) is 3.33. The highest BCUT2D eigenvalue weighted by molar-refractivity contribution is 4.89. The molecule has 1 heterocycles. The van der Waals surface area contributed by atoms with Crippen LogP contribution < -0.4 is 0 Å². The number of aliphatic hydroxyl groups excluding tert-OH is 1. The highest BCUT2D eigenvalue weighted by Gasteiger charge is 2.44. The molecule has 0 aromatic heterocycles. The summed E-state index contributed by atoms with van der Waals surface area (Å²) in [6, 6.07) is 0. The molecule has 1 aliphatic rings. The Labute approximate surface area is 83.9 Å². The zero-order chi connectivity index (χ0) is 10.7. The highest BCUT2D eigenvalue weighted by Crippen LogP contribution is 2.25. The first-order chi connectivity index (χ1) is 6.65. The van der Waals surface area contributed by atoms with Crippen molar-refractivity contribution in [1.82, 2.24) is 0 Å². The van der Waals surface area contributed by atoms with E-state index in [2.05, 4.69) is 0 Å². The lowest BCUT2D eigenvalue weighted by Gasteiger charge is -2.41. The Morgan fingerprint density at radius 2 is 1.43 bits per heavy atom. The molecule has 0 unspecified atom stereocenters. The Morgan fingerprint density at radius 1 is 0.929 bits per heavy atom. The minimum atomic E-state index is -0.966. The van der Waals surface area contributed by atoms with E-state index in [9.17, 15) is 5.11 Å². The van der Waals surface area contributed by atoms with Crippen molar-refractivity contribution in [3.8, 4) is 0 Å². The first-order valence-electron chi connectivity index (χ1n) is 4.57. The highest BCUT2D eigenvalue weighted by atomic mass is 16.7. The molecule has 0 radical (unpaired) electrons. The van der Waals surface area contributed by atoms with Crippen LogP contribution in [0.2, 0.25) is 0 Å². The zero-order valence-electron chi connectivity index (χ0n) is 8.97. The molecule has 5 heteroatoms. The number of methoxy groups -OCH3 is 3. The summed E-state index contributed by atoms with van der Waals surface area (Å²) in [5, 5.41) is 9.57. The van der Waals surface area contributed by atoms with Crippen LogP contribution >= 0.6 is 0 Å². The molecule has 0 amide bonds. The van der Waals surface area contributed by atoms with Crippen LogP contribution in [0.4, 0.5) is 0 Å². The van der Waals surface area contributed by atoms with Gasteiger partial charge in [0.2, 0.25) is 0 Å². The summed E-state index contributed by atoms with van der Waals surface area (Å²) in [4.78, 5) is 0. The maximum atomic E-state index is 9.57. The summed E-state index contributed by atoms with van der Waals surface area (Å²) in [6.45, 7) is 1.83. The molecule has 0 spiro atoms. The van der Waals surface area contributed by atoms with Gasteiger partial charge in [-0.15, -0.1) is 0 Å². The molecule has 5 atom stereocenters. The van der Waals surface area contributed by atoms with Crippen LogP contribution in [-0.2, 0) is 18.9 Å². The average Bonchev–Trinajstić information content (AvgIpc) is 2.16. The van der Waals surface area contributed by atoms with Gasteiger partial charge in [-0.25, -0.2) is 0 Å². The monoisotopic (exact) mass is 206 g/mol. The van der Waals surface area contributed by atoms with Crippen molar-refractivity contribution in [3.63, 3.8) is 0 Å². The van der Waals surface area contributed by atoms with Crippen LogP contribution in [0.1, 0.15) is 6.92 Å². The molecule has 0 aromatic carbocycles. The number of ether oxygens (including phenoxy) is 4. The van der Waals surface area contributed by atoms with Gasteiger partial charge in [0.1, 0.15) is 18.3 Å². The van der Waals surface area contributed by atoms with E-state index in [1.54, 1.807) is 14.2 Å². The quantitative estimate of drug-likeness (QED) is 0.691. The molecule has 0 aliphatic carbocycles. The van der Waals surface area contributed by atoms with Crippen molar-refractivity contribution < 1.29 is 24.1 Å². The lowest BCUT2D eigenvalue weighted by atomic mass is 9.99. The summed E-state index contributed by atoms with van der Waals surface area (Å²) in [5.41, 5.74) is 0. The third-order valence-electron chi connectivity index (χ3n) is 2.56. The summed E-state index contributed by atoms with van der Waals surface area (Å²) in [7, 11) is 4.65. The standard InChI is InChI=1S/C9H18O5/c1-5-6(11-2)7(12-3)8(13-4)9(10)14-5/h5-10H,1-4H3/t5-,6-,7+,8+,9+/m0/s1. The predicted molar refractivity (Wildman–Crippen MR) is 48.9 cm³/mol. The van der Waals surface area contributed by atoms with Gasteiger partial charge < -0.3 is 24.1 Å². The number of hydrogen-bond donors (Lipinski definition) is 1. The minimum Gasteiger partial charge on any atom is -0.376 e. The van der Waals surface area contributed by atoms with Crippen molar-refractivity contribution in [2.75, 3.05) is 21.3 Å². The Hall–Kier alpha value is -0.200. The van der Waals surface area contributed by atoms with Gasteiger partial charge in [0.15, 0.2) is 6.29 Å². The van der Waals surface area contributed by atoms with E-state index >= 15 is 0 Å².